The fraction of sp³-hybridized carbons (Fsp3) is 0.409. The highest BCUT2D eigenvalue weighted by atomic mass is 32.2. The largest absolute Gasteiger partial charge is 0.447 e. The minimum atomic E-state index is -3.57. The number of hydrogen-bond acceptors (Lipinski definition) is 7. The van der Waals surface area contributed by atoms with E-state index < -0.39 is 21.5 Å². The predicted octanol–water partition coefficient (Wildman–Crippen LogP) is 4.04. The first kappa shape index (κ1) is 23.9. The standard InChI is InChI=1S/C22H25F2N5O4S/c1-13(2)33-22(30)28-8-6-14(7-9-28)29-11-17(24)19-20(25-12-26-21(19)29)27-18-5-4-15(10-16(18)23)34(3,31)32/h4-5,10-14H,6-9H2,1-3H3,(H,25,26,27). The van der Waals surface area contributed by atoms with Gasteiger partial charge in [0.15, 0.2) is 15.7 Å². The molecular formula is C22H25F2N5O4S. The Hall–Kier alpha value is -3.28. The number of anilines is 2. The van der Waals surface area contributed by atoms with Gasteiger partial charge < -0.3 is 19.5 Å². The van der Waals surface area contributed by atoms with E-state index in [1.165, 1.54) is 24.7 Å². The predicted molar refractivity (Wildman–Crippen MR) is 122 cm³/mol. The Morgan fingerprint density at radius 2 is 1.88 bits per heavy atom. The molecular weight excluding hydrogens is 468 g/mol. The van der Waals surface area contributed by atoms with Gasteiger partial charge in [0.05, 0.1) is 22.1 Å². The highest BCUT2D eigenvalue weighted by molar-refractivity contribution is 7.90. The molecule has 0 unspecified atom stereocenters. The number of likely N-dealkylation sites (tertiary alicyclic amines) is 1. The Morgan fingerprint density at radius 1 is 1.18 bits per heavy atom. The molecule has 34 heavy (non-hydrogen) atoms. The van der Waals surface area contributed by atoms with E-state index in [4.69, 9.17) is 4.74 Å². The van der Waals surface area contributed by atoms with Crippen LogP contribution in [0, 0.1) is 11.6 Å². The summed E-state index contributed by atoms with van der Waals surface area (Å²) in [6.45, 7) is 4.50. The molecule has 12 heteroatoms. The molecule has 2 aromatic heterocycles. The Morgan fingerprint density at radius 3 is 2.50 bits per heavy atom. The van der Waals surface area contributed by atoms with Gasteiger partial charge in [0.25, 0.3) is 0 Å². The number of nitrogens with zero attached hydrogens (tertiary/aromatic N) is 4. The van der Waals surface area contributed by atoms with Crippen LogP contribution in [0.4, 0.5) is 25.1 Å². The van der Waals surface area contributed by atoms with E-state index in [1.54, 1.807) is 23.3 Å². The molecule has 0 saturated carbocycles. The van der Waals surface area contributed by atoms with E-state index in [1.807, 2.05) is 0 Å². The summed E-state index contributed by atoms with van der Waals surface area (Å²) in [4.78, 5) is 21.9. The quantitative estimate of drug-likeness (QED) is 0.572. The summed E-state index contributed by atoms with van der Waals surface area (Å²) in [5.41, 5.74) is 0.294. The van der Waals surface area contributed by atoms with Crippen molar-refractivity contribution >= 4 is 38.5 Å². The second-order valence-corrected chi connectivity index (χ2v) is 10.5. The lowest BCUT2D eigenvalue weighted by Gasteiger charge is -2.32. The third-order valence-corrected chi connectivity index (χ3v) is 6.75. The number of nitrogens with one attached hydrogen (secondary N) is 1. The van der Waals surface area contributed by atoms with Crippen LogP contribution < -0.4 is 5.32 Å². The zero-order valence-electron chi connectivity index (χ0n) is 19.0. The van der Waals surface area contributed by atoms with E-state index >= 15 is 0 Å². The molecule has 0 radical (unpaired) electrons. The maximum atomic E-state index is 15.0. The van der Waals surface area contributed by atoms with Gasteiger partial charge in [-0.15, -0.1) is 0 Å². The number of aromatic nitrogens is 3. The molecule has 3 heterocycles. The number of amides is 1. The van der Waals surface area contributed by atoms with Crippen LogP contribution in [0.3, 0.4) is 0 Å². The van der Waals surface area contributed by atoms with Crippen molar-refractivity contribution in [1.82, 2.24) is 19.4 Å². The summed E-state index contributed by atoms with van der Waals surface area (Å²) < 4.78 is 59.8. The van der Waals surface area contributed by atoms with E-state index in [2.05, 4.69) is 15.3 Å². The zero-order chi connectivity index (χ0) is 24.6. The first-order valence-electron chi connectivity index (χ1n) is 10.8. The molecule has 0 atom stereocenters. The minimum absolute atomic E-state index is 0.0449. The van der Waals surface area contributed by atoms with Crippen LogP contribution in [-0.4, -0.2) is 59.4 Å². The molecule has 0 spiro atoms. The maximum Gasteiger partial charge on any atom is 0.410 e. The highest BCUT2D eigenvalue weighted by Crippen LogP contribution is 2.33. The van der Waals surface area contributed by atoms with E-state index in [9.17, 15) is 22.0 Å². The Balaban J connectivity index is 1.58. The molecule has 1 saturated heterocycles. The molecule has 182 valence electrons. The van der Waals surface area contributed by atoms with Crippen LogP contribution in [-0.2, 0) is 14.6 Å². The van der Waals surface area contributed by atoms with Gasteiger partial charge in [-0.3, -0.25) is 0 Å². The lowest BCUT2D eigenvalue weighted by molar-refractivity contribution is 0.0663. The molecule has 9 nitrogen and oxygen atoms in total. The third kappa shape index (κ3) is 4.81. The summed E-state index contributed by atoms with van der Waals surface area (Å²) >= 11 is 0. The number of piperidine rings is 1. The second kappa shape index (κ2) is 9.16. The molecule has 1 amide bonds. The highest BCUT2D eigenvalue weighted by Gasteiger charge is 2.28. The lowest BCUT2D eigenvalue weighted by Crippen LogP contribution is -2.40. The van der Waals surface area contributed by atoms with E-state index in [0.29, 0.717) is 31.6 Å². The average molecular weight is 494 g/mol. The van der Waals surface area contributed by atoms with Gasteiger partial charge in [-0.05, 0) is 44.9 Å². The summed E-state index contributed by atoms with van der Waals surface area (Å²) in [7, 11) is -3.57. The van der Waals surface area contributed by atoms with Gasteiger partial charge in [0, 0.05) is 31.6 Å². The normalized spacial score (nSPS) is 15.2. The van der Waals surface area contributed by atoms with Crippen molar-refractivity contribution in [3.63, 3.8) is 0 Å². The van der Waals surface area contributed by atoms with Gasteiger partial charge >= 0.3 is 6.09 Å². The number of rotatable bonds is 5. The third-order valence-electron chi connectivity index (χ3n) is 5.64. The van der Waals surface area contributed by atoms with Crippen LogP contribution in [0.2, 0.25) is 0 Å². The number of carbonyl (C=O) groups is 1. The Bertz CT molecular complexity index is 1330. The SMILES string of the molecule is CC(C)OC(=O)N1CCC(n2cc(F)c3c(Nc4ccc(S(C)(=O)=O)cc4F)ncnc32)CC1. The maximum absolute atomic E-state index is 15.0. The van der Waals surface area contributed by atoms with Crippen molar-refractivity contribution in [3.8, 4) is 0 Å². The molecule has 0 bridgehead atoms. The molecule has 1 aliphatic rings. The smallest absolute Gasteiger partial charge is 0.410 e. The number of benzene rings is 1. The van der Waals surface area contributed by atoms with Crippen LogP contribution in [0.5, 0.6) is 0 Å². The number of ether oxygens (including phenoxy) is 1. The van der Waals surface area contributed by atoms with Crippen molar-refractivity contribution in [2.75, 3.05) is 24.7 Å². The molecule has 1 fully saturated rings. The molecule has 1 N–H and O–H groups in total. The Kier molecular flexibility index (Phi) is 6.43. The summed E-state index contributed by atoms with van der Waals surface area (Å²) in [6.07, 6.45) is 4.17. The van der Waals surface area contributed by atoms with Crippen molar-refractivity contribution in [2.45, 2.75) is 43.7 Å². The van der Waals surface area contributed by atoms with Crippen molar-refractivity contribution in [1.29, 1.82) is 0 Å². The molecule has 4 rings (SSSR count). The van der Waals surface area contributed by atoms with Crippen LogP contribution in [0.25, 0.3) is 11.0 Å². The van der Waals surface area contributed by atoms with Gasteiger partial charge in [0.2, 0.25) is 0 Å². The van der Waals surface area contributed by atoms with Crippen molar-refractivity contribution in [3.05, 3.63) is 42.4 Å². The van der Waals surface area contributed by atoms with Crippen molar-refractivity contribution in [2.24, 2.45) is 0 Å². The molecule has 3 aromatic rings. The molecule has 1 aromatic carbocycles. The van der Waals surface area contributed by atoms with Gasteiger partial charge in [-0.1, -0.05) is 0 Å². The topological polar surface area (TPSA) is 106 Å². The summed E-state index contributed by atoms with van der Waals surface area (Å²) in [5.74, 6) is -1.33. The lowest BCUT2D eigenvalue weighted by atomic mass is 10.1. The number of carbonyl (C=O) groups excluding carboxylic acids is 1. The monoisotopic (exact) mass is 493 g/mol. The fourth-order valence-electron chi connectivity index (χ4n) is 3.97. The summed E-state index contributed by atoms with van der Waals surface area (Å²) in [5, 5.41) is 2.84. The van der Waals surface area contributed by atoms with Gasteiger partial charge in [0.1, 0.15) is 23.6 Å². The van der Waals surface area contributed by atoms with E-state index in [0.717, 1.165) is 12.3 Å². The van der Waals surface area contributed by atoms with E-state index in [-0.39, 0.29) is 40.0 Å². The number of hydrogen-bond donors (Lipinski definition) is 1. The Labute approximate surface area is 195 Å². The average Bonchev–Trinajstić information content (AvgIpc) is 3.11. The van der Waals surface area contributed by atoms with Gasteiger partial charge in [-0.25, -0.2) is 32.0 Å². The molecule has 1 aliphatic heterocycles. The molecule has 0 aliphatic carbocycles. The van der Waals surface area contributed by atoms with Crippen LogP contribution in [0.15, 0.2) is 35.6 Å². The van der Waals surface area contributed by atoms with Gasteiger partial charge in [-0.2, -0.15) is 0 Å². The van der Waals surface area contributed by atoms with Crippen LogP contribution in [0.1, 0.15) is 32.7 Å². The number of fused-ring (bicyclic) bond motifs is 1. The number of halogens is 2. The fourth-order valence-corrected chi connectivity index (χ4v) is 4.60. The summed E-state index contributed by atoms with van der Waals surface area (Å²) in [6, 6.07) is 3.33. The first-order valence-corrected chi connectivity index (χ1v) is 12.7. The number of sulfone groups is 1. The van der Waals surface area contributed by atoms with Crippen LogP contribution >= 0.6 is 0 Å². The first-order chi connectivity index (χ1) is 16.0. The zero-order valence-corrected chi connectivity index (χ0v) is 19.8. The van der Waals surface area contributed by atoms with Crippen molar-refractivity contribution < 1.29 is 26.7 Å². The second-order valence-electron chi connectivity index (χ2n) is 8.49. The minimum Gasteiger partial charge on any atom is -0.447 e.